The van der Waals surface area contributed by atoms with Crippen LogP contribution in [0.3, 0.4) is 0 Å². The number of aryl methyl sites for hydroxylation is 1. The van der Waals surface area contributed by atoms with Crippen molar-refractivity contribution >= 4 is 6.29 Å². The zero-order valence-electron chi connectivity index (χ0n) is 9.43. The molecule has 2 aromatic rings. The zero-order chi connectivity index (χ0) is 12.3. The lowest BCUT2D eigenvalue weighted by Crippen LogP contribution is -2.05. The van der Waals surface area contributed by atoms with Crippen molar-refractivity contribution in [3.8, 4) is 0 Å². The number of hydrogen-bond acceptors (Lipinski definition) is 2. The number of halogens is 1. The summed E-state index contributed by atoms with van der Waals surface area (Å²) >= 11 is 0. The Bertz CT molecular complexity index is 522. The molecule has 0 saturated heterocycles. The second kappa shape index (κ2) is 4.87. The molecular formula is C14H12FNO. The molecule has 17 heavy (non-hydrogen) atoms. The smallest absolute Gasteiger partial charge is 0.133 e. The lowest BCUT2D eigenvalue weighted by atomic mass is 9.96. The molecule has 1 aromatic heterocycles. The van der Waals surface area contributed by atoms with Gasteiger partial charge in [-0.2, -0.15) is 0 Å². The van der Waals surface area contributed by atoms with Gasteiger partial charge in [0.05, 0.1) is 11.6 Å². The van der Waals surface area contributed by atoms with Crippen LogP contribution in [0.4, 0.5) is 4.39 Å². The van der Waals surface area contributed by atoms with Crippen LogP contribution in [0.1, 0.15) is 22.9 Å². The highest BCUT2D eigenvalue weighted by molar-refractivity contribution is 5.67. The molecule has 0 amide bonds. The normalized spacial score (nSPS) is 12.1. The van der Waals surface area contributed by atoms with Gasteiger partial charge in [-0.3, -0.25) is 4.98 Å². The Labute approximate surface area is 99.1 Å². The summed E-state index contributed by atoms with van der Waals surface area (Å²) in [7, 11) is 0. The van der Waals surface area contributed by atoms with Gasteiger partial charge in [-0.25, -0.2) is 4.39 Å². The fraction of sp³-hybridized carbons (Fsp3) is 0.143. The highest BCUT2D eigenvalue weighted by atomic mass is 19.1. The summed E-state index contributed by atoms with van der Waals surface area (Å²) < 4.78 is 12.8. The third-order valence-corrected chi connectivity index (χ3v) is 2.59. The molecule has 1 heterocycles. The molecule has 0 N–H and O–H groups in total. The number of pyridine rings is 1. The van der Waals surface area contributed by atoms with E-state index in [4.69, 9.17) is 0 Å². The van der Waals surface area contributed by atoms with Crippen LogP contribution in [0.25, 0.3) is 0 Å². The first-order valence-corrected chi connectivity index (χ1v) is 5.35. The predicted octanol–water partition coefficient (Wildman–Crippen LogP) is 2.86. The molecule has 86 valence electrons. The Kier molecular flexibility index (Phi) is 3.28. The van der Waals surface area contributed by atoms with Crippen molar-refractivity contribution < 1.29 is 9.18 Å². The van der Waals surface area contributed by atoms with E-state index in [1.807, 2.05) is 19.1 Å². The van der Waals surface area contributed by atoms with Crippen molar-refractivity contribution in [1.29, 1.82) is 0 Å². The second-order valence-electron chi connectivity index (χ2n) is 3.87. The number of aromatic nitrogens is 1. The minimum atomic E-state index is -0.435. The van der Waals surface area contributed by atoms with Gasteiger partial charge in [-0.05, 0) is 36.8 Å². The van der Waals surface area contributed by atoms with E-state index in [1.54, 1.807) is 18.2 Å². The molecule has 0 spiro atoms. The van der Waals surface area contributed by atoms with Crippen molar-refractivity contribution in [2.75, 3.05) is 0 Å². The first-order valence-electron chi connectivity index (χ1n) is 5.35. The number of benzene rings is 1. The van der Waals surface area contributed by atoms with E-state index in [0.717, 1.165) is 17.5 Å². The molecule has 3 heteroatoms. The van der Waals surface area contributed by atoms with E-state index in [1.165, 1.54) is 12.1 Å². The average Bonchev–Trinajstić information content (AvgIpc) is 2.33. The number of rotatable bonds is 3. The molecule has 0 aliphatic rings. The van der Waals surface area contributed by atoms with Crippen molar-refractivity contribution in [1.82, 2.24) is 4.98 Å². The van der Waals surface area contributed by atoms with E-state index in [2.05, 4.69) is 4.98 Å². The van der Waals surface area contributed by atoms with E-state index in [0.29, 0.717) is 5.69 Å². The molecule has 0 radical (unpaired) electrons. The van der Waals surface area contributed by atoms with Crippen LogP contribution >= 0.6 is 0 Å². The molecule has 2 nitrogen and oxygen atoms in total. The van der Waals surface area contributed by atoms with Crippen molar-refractivity contribution in [2.45, 2.75) is 12.8 Å². The monoisotopic (exact) mass is 229 g/mol. The van der Waals surface area contributed by atoms with Crippen LogP contribution in [-0.4, -0.2) is 11.3 Å². The summed E-state index contributed by atoms with van der Waals surface area (Å²) in [6, 6.07) is 11.4. The lowest BCUT2D eigenvalue weighted by Gasteiger charge is -2.10. The van der Waals surface area contributed by atoms with Gasteiger partial charge in [-0.1, -0.05) is 18.2 Å². The van der Waals surface area contributed by atoms with Gasteiger partial charge in [0.25, 0.3) is 0 Å². The Hall–Kier alpha value is -2.03. The molecule has 0 aliphatic carbocycles. The standard InChI is InChI=1S/C14H12FNO/c1-10-3-2-4-14(16-10)13(9-17)11-5-7-12(15)8-6-11/h2-9,13H,1H3. The molecule has 0 fully saturated rings. The number of carbonyl (C=O) groups is 1. The Morgan fingerprint density at radius 2 is 1.88 bits per heavy atom. The molecule has 1 atom stereocenters. The summed E-state index contributed by atoms with van der Waals surface area (Å²) in [6.45, 7) is 1.87. The number of carbonyl (C=O) groups excluding carboxylic acids is 1. The largest absolute Gasteiger partial charge is 0.302 e. The van der Waals surface area contributed by atoms with E-state index in [-0.39, 0.29) is 5.82 Å². The third-order valence-electron chi connectivity index (χ3n) is 2.59. The van der Waals surface area contributed by atoms with Crippen LogP contribution in [-0.2, 0) is 4.79 Å². The zero-order valence-corrected chi connectivity index (χ0v) is 9.43. The maximum Gasteiger partial charge on any atom is 0.133 e. The molecule has 1 unspecified atom stereocenters. The van der Waals surface area contributed by atoms with Gasteiger partial charge in [-0.15, -0.1) is 0 Å². The van der Waals surface area contributed by atoms with Crippen LogP contribution in [0.5, 0.6) is 0 Å². The van der Waals surface area contributed by atoms with Gasteiger partial charge in [0.1, 0.15) is 12.1 Å². The van der Waals surface area contributed by atoms with Gasteiger partial charge in [0, 0.05) is 5.69 Å². The van der Waals surface area contributed by atoms with Crippen molar-refractivity contribution in [3.63, 3.8) is 0 Å². The van der Waals surface area contributed by atoms with Crippen LogP contribution < -0.4 is 0 Å². The predicted molar refractivity (Wildman–Crippen MR) is 63.3 cm³/mol. The maximum atomic E-state index is 12.8. The van der Waals surface area contributed by atoms with E-state index >= 15 is 0 Å². The van der Waals surface area contributed by atoms with E-state index in [9.17, 15) is 9.18 Å². The fourth-order valence-corrected chi connectivity index (χ4v) is 1.73. The van der Waals surface area contributed by atoms with Gasteiger partial charge in [0.2, 0.25) is 0 Å². The minimum Gasteiger partial charge on any atom is -0.302 e. The van der Waals surface area contributed by atoms with Crippen LogP contribution in [0.2, 0.25) is 0 Å². The first kappa shape index (κ1) is 11.5. The van der Waals surface area contributed by atoms with Crippen molar-refractivity contribution in [3.05, 3.63) is 65.2 Å². The summed E-state index contributed by atoms with van der Waals surface area (Å²) in [6.07, 6.45) is 0.828. The SMILES string of the molecule is Cc1cccc(C(C=O)c2ccc(F)cc2)n1. The number of aldehydes is 1. The maximum absolute atomic E-state index is 12.8. The topological polar surface area (TPSA) is 30.0 Å². The van der Waals surface area contributed by atoms with Crippen LogP contribution in [0, 0.1) is 12.7 Å². The average molecular weight is 229 g/mol. The summed E-state index contributed by atoms with van der Waals surface area (Å²) in [4.78, 5) is 15.5. The lowest BCUT2D eigenvalue weighted by molar-refractivity contribution is -0.108. The Morgan fingerprint density at radius 1 is 1.18 bits per heavy atom. The van der Waals surface area contributed by atoms with E-state index < -0.39 is 5.92 Å². The molecule has 0 bridgehead atoms. The van der Waals surface area contributed by atoms with Gasteiger partial charge in [0.15, 0.2) is 0 Å². The number of hydrogen-bond donors (Lipinski definition) is 0. The first-order chi connectivity index (χ1) is 8.20. The summed E-state index contributed by atoms with van der Waals surface area (Å²) in [5, 5.41) is 0. The highest BCUT2D eigenvalue weighted by Crippen LogP contribution is 2.21. The minimum absolute atomic E-state index is 0.310. The fourth-order valence-electron chi connectivity index (χ4n) is 1.73. The third kappa shape index (κ3) is 2.56. The Morgan fingerprint density at radius 3 is 2.47 bits per heavy atom. The molecule has 0 saturated carbocycles. The molecular weight excluding hydrogens is 217 g/mol. The quantitative estimate of drug-likeness (QED) is 0.757. The van der Waals surface area contributed by atoms with Crippen molar-refractivity contribution in [2.24, 2.45) is 0 Å². The van der Waals surface area contributed by atoms with Gasteiger partial charge >= 0.3 is 0 Å². The summed E-state index contributed by atoms with van der Waals surface area (Å²) in [5.74, 6) is -0.744. The second-order valence-corrected chi connectivity index (χ2v) is 3.87. The number of nitrogens with zero attached hydrogens (tertiary/aromatic N) is 1. The Balaban J connectivity index is 2.40. The highest BCUT2D eigenvalue weighted by Gasteiger charge is 2.14. The molecule has 2 rings (SSSR count). The molecule has 1 aromatic carbocycles. The van der Waals surface area contributed by atoms with Gasteiger partial charge < -0.3 is 4.79 Å². The molecule has 0 aliphatic heterocycles. The van der Waals surface area contributed by atoms with Crippen LogP contribution in [0.15, 0.2) is 42.5 Å². The summed E-state index contributed by atoms with van der Waals surface area (Å²) in [5.41, 5.74) is 2.29.